The number of benzene rings is 2. The normalized spacial score (nSPS) is 13.2. The maximum atomic E-state index is 14.5. The summed E-state index contributed by atoms with van der Waals surface area (Å²) < 4.78 is 57.9. The van der Waals surface area contributed by atoms with E-state index < -0.39 is 41.0 Å². The Balaban J connectivity index is 1.73. The molecule has 9 heteroatoms. The van der Waals surface area contributed by atoms with Crippen molar-refractivity contribution in [2.45, 2.75) is 32.9 Å². The van der Waals surface area contributed by atoms with Gasteiger partial charge in [-0.05, 0) is 61.7 Å². The predicted octanol–water partition coefficient (Wildman–Crippen LogP) is 4.90. The lowest BCUT2D eigenvalue weighted by molar-refractivity contribution is 0.216. The molecule has 2 atom stereocenters. The standard InChI is InChI=1S/C25H21F4N3O2/c1-13-6-16(4-5-22(13)31-10-14(2)30-12-31)24(33)19-9-18(26)11-32(25(19)34)15(3)17-7-20(27)23(29)21(28)8-17/h4-12,15,24,33H,1-3H3. The maximum absolute atomic E-state index is 14.5. The van der Waals surface area contributed by atoms with Crippen LogP contribution in [0, 0.1) is 37.1 Å². The summed E-state index contributed by atoms with van der Waals surface area (Å²) in [6.07, 6.45) is 2.91. The first-order chi connectivity index (χ1) is 16.1. The van der Waals surface area contributed by atoms with Gasteiger partial charge in [0, 0.05) is 18.1 Å². The van der Waals surface area contributed by atoms with Crippen LogP contribution < -0.4 is 5.56 Å². The van der Waals surface area contributed by atoms with E-state index in [4.69, 9.17) is 0 Å². The maximum Gasteiger partial charge on any atom is 0.257 e. The number of halogens is 4. The first-order valence-electron chi connectivity index (χ1n) is 10.4. The first kappa shape index (κ1) is 23.4. The van der Waals surface area contributed by atoms with E-state index in [0.717, 1.165) is 45.9 Å². The number of hydrogen-bond acceptors (Lipinski definition) is 3. The fourth-order valence-electron chi connectivity index (χ4n) is 3.92. The number of aliphatic hydroxyl groups excluding tert-OH is 1. The summed E-state index contributed by atoms with van der Waals surface area (Å²) in [4.78, 5) is 17.3. The summed E-state index contributed by atoms with van der Waals surface area (Å²) in [5, 5.41) is 10.9. The number of hydrogen-bond donors (Lipinski definition) is 1. The quantitative estimate of drug-likeness (QED) is 0.333. The van der Waals surface area contributed by atoms with Gasteiger partial charge < -0.3 is 14.2 Å². The molecular formula is C25H21F4N3O2. The average Bonchev–Trinajstić information content (AvgIpc) is 3.23. The highest BCUT2D eigenvalue weighted by Crippen LogP contribution is 2.26. The van der Waals surface area contributed by atoms with Gasteiger partial charge in [0.25, 0.3) is 5.56 Å². The first-order valence-corrected chi connectivity index (χ1v) is 10.4. The SMILES string of the molecule is Cc1cn(-c2ccc(C(O)c3cc(F)cn(C(C)c4cc(F)c(F)c(F)c4)c3=O)cc2C)cn1. The van der Waals surface area contributed by atoms with E-state index >= 15 is 0 Å². The summed E-state index contributed by atoms with van der Waals surface area (Å²) in [6, 6.07) is 6.42. The Morgan fingerprint density at radius 2 is 1.62 bits per heavy atom. The van der Waals surface area contributed by atoms with Crippen LogP contribution >= 0.6 is 0 Å². The van der Waals surface area contributed by atoms with Gasteiger partial charge in [-0.1, -0.05) is 12.1 Å². The van der Waals surface area contributed by atoms with Crippen molar-refractivity contribution in [1.29, 1.82) is 0 Å². The van der Waals surface area contributed by atoms with Crippen molar-refractivity contribution in [3.8, 4) is 5.69 Å². The Bertz CT molecular complexity index is 1420. The molecule has 2 aromatic carbocycles. The summed E-state index contributed by atoms with van der Waals surface area (Å²) in [6.45, 7) is 5.09. The van der Waals surface area contributed by atoms with Gasteiger partial charge in [-0.2, -0.15) is 0 Å². The van der Waals surface area contributed by atoms with Gasteiger partial charge in [-0.3, -0.25) is 4.79 Å². The van der Waals surface area contributed by atoms with Crippen molar-refractivity contribution in [2.75, 3.05) is 0 Å². The molecule has 4 rings (SSSR count). The van der Waals surface area contributed by atoms with Crippen LogP contribution in [0.4, 0.5) is 17.6 Å². The Hall–Kier alpha value is -3.72. The summed E-state index contributed by atoms with van der Waals surface area (Å²) >= 11 is 0. The van der Waals surface area contributed by atoms with Crippen molar-refractivity contribution in [3.63, 3.8) is 0 Å². The lowest BCUT2D eigenvalue weighted by Gasteiger charge is -2.20. The molecule has 34 heavy (non-hydrogen) atoms. The third kappa shape index (κ3) is 4.26. The summed E-state index contributed by atoms with van der Waals surface area (Å²) in [5.74, 6) is -5.31. The number of aromatic nitrogens is 3. The molecule has 0 aliphatic rings. The van der Waals surface area contributed by atoms with Crippen LogP contribution in [0.1, 0.15) is 47.0 Å². The molecule has 2 heterocycles. The van der Waals surface area contributed by atoms with E-state index in [2.05, 4.69) is 4.98 Å². The minimum atomic E-state index is -1.64. The minimum Gasteiger partial charge on any atom is -0.383 e. The van der Waals surface area contributed by atoms with Crippen LogP contribution in [0.2, 0.25) is 0 Å². The molecule has 0 spiro atoms. The minimum absolute atomic E-state index is 0.0691. The molecule has 0 aliphatic heterocycles. The second kappa shape index (κ2) is 8.90. The van der Waals surface area contributed by atoms with E-state index in [1.807, 2.05) is 24.6 Å². The number of rotatable bonds is 5. The van der Waals surface area contributed by atoms with Crippen molar-refractivity contribution in [2.24, 2.45) is 0 Å². The van der Waals surface area contributed by atoms with Crippen LogP contribution in [-0.2, 0) is 0 Å². The zero-order chi connectivity index (χ0) is 24.7. The summed E-state index contributed by atoms with van der Waals surface area (Å²) in [7, 11) is 0. The number of aliphatic hydroxyl groups is 1. The second-order valence-corrected chi connectivity index (χ2v) is 8.17. The Morgan fingerprint density at radius 1 is 0.941 bits per heavy atom. The number of aryl methyl sites for hydroxylation is 2. The van der Waals surface area contributed by atoms with E-state index in [0.29, 0.717) is 5.56 Å². The Labute approximate surface area is 192 Å². The lowest BCUT2D eigenvalue weighted by atomic mass is 9.99. The van der Waals surface area contributed by atoms with Crippen LogP contribution in [0.3, 0.4) is 0 Å². The fourth-order valence-corrected chi connectivity index (χ4v) is 3.92. The van der Waals surface area contributed by atoms with Gasteiger partial charge in [-0.15, -0.1) is 0 Å². The van der Waals surface area contributed by atoms with Crippen LogP contribution in [0.15, 0.2) is 59.9 Å². The molecule has 0 saturated heterocycles. The third-order valence-electron chi connectivity index (χ3n) is 5.76. The molecule has 0 radical (unpaired) electrons. The molecule has 4 aromatic rings. The zero-order valence-electron chi connectivity index (χ0n) is 18.6. The van der Waals surface area contributed by atoms with Crippen molar-refractivity contribution in [1.82, 2.24) is 14.1 Å². The third-order valence-corrected chi connectivity index (χ3v) is 5.76. The topological polar surface area (TPSA) is 60.0 Å². The smallest absolute Gasteiger partial charge is 0.257 e. The van der Waals surface area contributed by atoms with Gasteiger partial charge in [0.05, 0.1) is 23.6 Å². The molecule has 0 amide bonds. The zero-order valence-corrected chi connectivity index (χ0v) is 18.6. The molecule has 0 saturated carbocycles. The van der Waals surface area contributed by atoms with Gasteiger partial charge in [0.2, 0.25) is 0 Å². The van der Waals surface area contributed by atoms with Gasteiger partial charge >= 0.3 is 0 Å². The van der Waals surface area contributed by atoms with E-state index in [9.17, 15) is 27.5 Å². The van der Waals surface area contributed by atoms with E-state index in [1.54, 1.807) is 24.5 Å². The molecular weight excluding hydrogens is 450 g/mol. The van der Waals surface area contributed by atoms with Gasteiger partial charge in [0.1, 0.15) is 11.9 Å². The number of pyridine rings is 1. The highest BCUT2D eigenvalue weighted by Gasteiger charge is 2.22. The molecule has 0 bridgehead atoms. The molecule has 1 N–H and O–H groups in total. The van der Waals surface area contributed by atoms with Crippen molar-refractivity contribution < 1.29 is 22.7 Å². The van der Waals surface area contributed by atoms with Crippen LogP contribution in [-0.4, -0.2) is 19.2 Å². The number of nitrogens with zero attached hydrogens (tertiary/aromatic N) is 3. The summed E-state index contributed by atoms with van der Waals surface area (Å²) in [5.41, 5.74) is 1.73. The van der Waals surface area contributed by atoms with E-state index in [1.165, 1.54) is 6.92 Å². The fraction of sp³-hybridized carbons (Fsp3) is 0.200. The Kier molecular flexibility index (Phi) is 6.14. The molecule has 5 nitrogen and oxygen atoms in total. The highest BCUT2D eigenvalue weighted by atomic mass is 19.2. The second-order valence-electron chi connectivity index (χ2n) is 8.17. The van der Waals surface area contributed by atoms with Gasteiger partial charge in [-0.25, -0.2) is 22.5 Å². The molecule has 0 fully saturated rings. The largest absolute Gasteiger partial charge is 0.383 e. The molecule has 2 unspecified atom stereocenters. The van der Waals surface area contributed by atoms with Crippen LogP contribution in [0.5, 0.6) is 0 Å². The molecule has 176 valence electrons. The lowest BCUT2D eigenvalue weighted by Crippen LogP contribution is -2.29. The molecule has 0 aliphatic carbocycles. The van der Waals surface area contributed by atoms with Crippen molar-refractivity contribution >= 4 is 0 Å². The predicted molar refractivity (Wildman–Crippen MR) is 118 cm³/mol. The van der Waals surface area contributed by atoms with Crippen LogP contribution in [0.25, 0.3) is 5.69 Å². The average molecular weight is 471 g/mol. The highest BCUT2D eigenvalue weighted by molar-refractivity contribution is 5.45. The van der Waals surface area contributed by atoms with E-state index in [-0.39, 0.29) is 11.1 Å². The monoisotopic (exact) mass is 471 g/mol. The van der Waals surface area contributed by atoms with Crippen molar-refractivity contribution in [3.05, 3.63) is 117 Å². The number of imidazole rings is 1. The van der Waals surface area contributed by atoms with Gasteiger partial charge in [0.15, 0.2) is 17.5 Å². The Morgan fingerprint density at radius 3 is 2.21 bits per heavy atom. The molecule has 2 aromatic heterocycles.